The lowest BCUT2D eigenvalue weighted by Crippen LogP contribution is -2.46. The van der Waals surface area contributed by atoms with Crippen LogP contribution < -0.4 is 0 Å². The van der Waals surface area contributed by atoms with Gasteiger partial charge in [0.2, 0.25) is 15.9 Å². The third-order valence-corrected chi connectivity index (χ3v) is 8.18. The van der Waals surface area contributed by atoms with Crippen molar-refractivity contribution in [2.45, 2.75) is 51.3 Å². The average molecular weight is 426 g/mol. The maximum absolute atomic E-state index is 13.6. The lowest BCUT2D eigenvalue weighted by molar-refractivity contribution is -0.135. The number of rotatable bonds is 5. The van der Waals surface area contributed by atoms with Crippen LogP contribution in [0.15, 0.2) is 4.90 Å². The zero-order valence-electron chi connectivity index (χ0n) is 17.7. The van der Waals surface area contributed by atoms with Gasteiger partial charge in [-0.15, -0.1) is 0 Å². The molecule has 1 aromatic rings. The number of hydrogen-bond acceptors (Lipinski definition) is 5. The quantitative estimate of drug-likeness (QED) is 0.672. The fraction of sp³-hybridized carbons (Fsp3) is 0.700. The highest BCUT2D eigenvalue weighted by atomic mass is 32.2. The van der Waals surface area contributed by atoms with Gasteiger partial charge in [0.05, 0.1) is 12.5 Å². The van der Waals surface area contributed by atoms with Gasteiger partial charge < -0.3 is 14.2 Å². The van der Waals surface area contributed by atoms with Gasteiger partial charge in [0.1, 0.15) is 10.5 Å². The van der Waals surface area contributed by atoms with Gasteiger partial charge in [-0.2, -0.15) is 4.31 Å². The standard InChI is InChI=1S/C20H31N3O5S/c1-5-28-20(25)17-14(2)21(4)15(3)18(17)29(26,27)23-12-8-9-16(13-23)19(24)22-10-6-7-11-22/h16H,5-13H2,1-4H3/t16-/m1/s1. The summed E-state index contributed by atoms with van der Waals surface area (Å²) in [6.45, 7) is 7.29. The van der Waals surface area contributed by atoms with E-state index in [2.05, 4.69) is 0 Å². The highest BCUT2D eigenvalue weighted by Crippen LogP contribution is 2.32. The summed E-state index contributed by atoms with van der Waals surface area (Å²) >= 11 is 0. The van der Waals surface area contributed by atoms with Gasteiger partial charge in [0.25, 0.3) is 0 Å². The molecule has 2 aliphatic heterocycles. The van der Waals surface area contributed by atoms with E-state index in [9.17, 15) is 18.0 Å². The number of hydrogen-bond donors (Lipinski definition) is 0. The minimum atomic E-state index is -3.94. The van der Waals surface area contributed by atoms with E-state index in [4.69, 9.17) is 4.74 Å². The number of carbonyl (C=O) groups excluding carboxylic acids is 2. The van der Waals surface area contributed by atoms with Gasteiger partial charge in [-0.3, -0.25) is 4.79 Å². The Morgan fingerprint density at radius 2 is 1.72 bits per heavy atom. The summed E-state index contributed by atoms with van der Waals surface area (Å²) in [7, 11) is -2.20. The Balaban J connectivity index is 1.93. The Morgan fingerprint density at radius 1 is 1.07 bits per heavy atom. The number of aromatic nitrogens is 1. The molecule has 3 rings (SSSR count). The smallest absolute Gasteiger partial charge is 0.341 e. The number of esters is 1. The molecule has 0 spiro atoms. The molecule has 9 heteroatoms. The molecular formula is C20H31N3O5S. The number of ether oxygens (including phenoxy) is 1. The molecule has 2 fully saturated rings. The van der Waals surface area contributed by atoms with Gasteiger partial charge in [-0.25, -0.2) is 13.2 Å². The van der Waals surface area contributed by atoms with E-state index >= 15 is 0 Å². The van der Waals surface area contributed by atoms with Gasteiger partial charge in [-0.05, 0) is 46.5 Å². The molecule has 1 aromatic heterocycles. The van der Waals surface area contributed by atoms with Crippen molar-refractivity contribution >= 4 is 21.9 Å². The zero-order chi connectivity index (χ0) is 21.3. The average Bonchev–Trinajstić information content (AvgIpc) is 3.31. The van der Waals surface area contributed by atoms with Crippen LogP contribution in [0, 0.1) is 19.8 Å². The monoisotopic (exact) mass is 425 g/mol. The van der Waals surface area contributed by atoms with Gasteiger partial charge in [0.15, 0.2) is 0 Å². The first-order chi connectivity index (χ1) is 13.7. The predicted octanol–water partition coefficient (Wildman–Crippen LogP) is 1.84. The van der Waals surface area contributed by atoms with Gasteiger partial charge in [-0.1, -0.05) is 0 Å². The minimum absolute atomic E-state index is 0.00483. The largest absolute Gasteiger partial charge is 0.462 e. The van der Waals surface area contributed by atoms with Crippen LogP contribution in [-0.4, -0.2) is 66.9 Å². The van der Waals surface area contributed by atoms with Gasteiger partial charge in [0, 0.05) is 44.6 Å². The summed E-state index contributed by atoms with van der Waals surface area (Å²) in [5.74, 6) is -0.907. The highest BCUT2D eigenvalue weighted by Gasteiger charge is 2.40. The Kier molecular flexibility index (Phi) is 6.38. The normalized spacial score (nSPS) is 20.8. The van der Waals surface area contributed by atoms with Crippen LogP contribution in [-0.2, 0) is 26.6 Å². The number of piperidine rings is 1. The summed E-state index contributed by atoms with van der Waals surface area (Å²) < 4.78 is 35.4. The SMILES string of the molecule is CCOC(=O)c1c(S(=O)(=O)N2CCC[C@@H](C(=O)N3CCCC3)C2)c(C)n(C)c1C. The molecule has 0 aromatic carbocycles. The molecule has 0 aliphatic carbocycles. The third-order valence-electron chi connectivity index (χ3n) is 6.15. The van der Waals surface area contributed by atoms with E-state index < -0.39 is 16.0 Å². The fourth-order valence-electron chi connectivity index (χ4n) is 4.36. The van der Waals surface area contributed by atoms with Crippen LogP contribution in [0.3, 0.4) is 0 Å². The van der Waals surface area contributed by atoms with Crippen LogP contribution in [0.1, 0.15) is 54.4 Å². The number of sulfonamides is 1. The van der Waals surface area contributed by atoms with Crippen molar-refractivity contribution in [2.75, 3.05) is 32.8 Å². The number of likely N-dealkylation sites (tertiary alicyclic amines) is 1. The Hall–Kier alpha value is -1.87. The summed E-state index contributed by atoms with van der Waals surface area (Å²) in [6, 6.07) is 0. The van der Waals surface area contributed by atoms with Gasteiger partial charge >= 0.3 is 5.97 Å². The summed E-state index contributed by atoms with van der Waals surface area (Å²) in [4.78, 5) is 27.2. The van der Waals surface area contributed by atoms with E-state index in [1.165, 1.54) is 4.31 Å². The van der Waals surface area contributed by atoms with Crippen molar-refractivity contribution in [2.24, 2.45) is 13.0 Å². The molecule has 1 amide bonds. The molecule has 0 bridgehead atoms. The molecule has 2 saturated heterocycles. The summed E-state index contributed by atoms with van der Waals surface area (Å²) in [6.07, 6.45) is 3.33. The molecule has 0 unspecified atom stereocenters. The lowest BCUT2D eigenvalue weighted by atomic mass is 9.98. The first-order valence-electron chi connectivity index (χ1n) is 10.3. The fourth-order valence-corrected chi connectivity index (χ4v) is 6.37. The highest BCUT2D eigenvalue weighted by molar-refractivity contribution is 7.89. The first-order valence-corrected chi connectivity index (χ1v) is 11.8. The van der Waals surface area contributed by atoms with E-state index in [0.717, 1.165) is 25.9 Å². The molecule has 3 heterocycles. The maximum atomic E-state index is 13.6. The molecule has 1 atom stereocenters. The van der Waals surface area contributed by atoms with E-state index in [-0.39, 0.29) is 35.4 Å². The third kappa shape index (κ3) is 3.94. The second kappa shape index (κ2) is 8.47. The molecule has 29 heavy (non-hydrogen) atoms. The van der Waals surface area contributed by atoms with Crippen LogP contribution >= 0.6 is 0 Å². The Bertz CT molecular complexity index is 900. The van der Waals surface area contributed by atoms with E-state index in [1.54, 1.807) is 32.4 Å². The van der Waals surface area contributed by atoms with Crippen molar-refractivity contribution in [1.82, 2.24) is 13.8 Å². The molecule has 0 radical (unpaired) electrons. The van der Waals surface area contributed by atoms with Crippen LogP contribution in [0.25, 0.3) is 0 Å². The zero-order valence-corrected chi connectivity index (χ0v) is 18.5. The Morgan fingerprint density at radius 3 is 2.34 bits per heavy atom. The van der Waals surface area contributed by atoms with Crippen molar-refractivity contribution in [3.8, 4) is 0 Å². The first kappa shape index (κ1) is 21.8. The number of amides is 1. The lowest BCUT2D eigenvalue weighted by Gasteiger charge is -2.33. The van der Waals surface area contributed by atoms with E-state index in [0.29, 0.717) is 30.8 Å². The molecule has 0 N–H and O–H groups in total. The minimum Gasteiger partial charge on any atom is -0.462 e. The molecule has 0 saturated carbocycles. The van der Waals surface area contributed by atoms with Crippen molar-refractivity contribution in [1.29, 1.82) is 0 Å². The number of carbonyl (C=O) groups is 2. The maximum Gasteiger partial charge on any atom is 0.341 e. The van der Waals surface area contributed by atoms with Crippen molar-refractivity contribution in [3.63, 3.8) is 0 Å². The van der Waals surface area contributed by atoms with Crippen molar-refractivity contribution < 1.29 is 22.7 Å². The van der Waals surface area contributed by atoms with Crippen LogP contribution in [0.4, 0.5) is 0 Å². The second-order valence-electron chi connectivity index (χ2n) is 7.89. The molecule has 8 nitrogen and oxygen atoms in total. The molecule has 2 aliphatic rings. The summed E-state index contributed by atoms with van der Waals surface area (Å²) in [5.41, 5.74) is 1.15. The van der Waals surface area contributed by atoms with Crippen LogP contribution in [0.5, 0.6) is 0 Å². The second-order valence-corrected chi connectivity index (χ2v) is 9.76. The topological polar surface area (TPSA) is 88.9 Å². The molecular weight excluding hydrogens is 394 g/mol. The molecule has 162 valence electrons. The van der Waals surface area contributed by atoms with Crippen molar-refractivity contribution in [3.05, 3.63) is 17.0 Å². The van der Waals surface area contributed by atoms with E-state index in [1.807, 2.05) is 4.90 Å². The Labute approximate surface area is 172 Å². The predicted molar refractivity (Wildman–Crippen MR) is 108 cm³/mol. The summed E-state index contributed by atoms with van der Waals surface area (Å²) in [5, 5.41) is 0. The van der Waals surface area contributed by atoms with Crippen LogP contribution in [0.2, 0.25) is 0 Å². The number of nitrogens with zero attached hydrogens (tertiary/aromatic N) is 3.